The van der Waals surface area contributed by atoms with Crippen LogP contribution in [0.1, 0.15) is 43.6 Å². The first-order valence-electron chi connectivity index (χ1n) is 9.76. The summed E-state index contributed by atoms with van der Waals surface area (Å²) >= 11 is 0. The summed E-state index contributed by atoms with van der Waals surface area (Å²) in [6, 6.07) is 14.4. The molecule has 2 rings (SSSR count). The first-order chi connectivity index (χ1) is 14.7. The summed E-state index contributed by atoms with van der Waals surface area (Å²) in [4.78, 5) is 42.4. The molecule has 0 fully saturated rings. The lowest BCUT2D eigenvalue weighted by Gasteiger charge is -2.34. The Kier molecular flexibility index (Phi) is 9.56. The van der Waals surface area contributed by atoms with E-state index in [2.05, 4.69) is 9.99 Å². The largest absolute Gasteiger partial charge is 0.399 e. The number of amides is 2. The minimum Gasteiger partial charge on any atom is -0.399 e. The summed E-state index contributed by atoms with van der Waals surface area (Å²) in [5.41, 5.74) is 2.65. The summed E-state index contributed by atoms with van der Waals surface area (Å²) in [7, 11) is 2.81. The molecular formula is C23H29N3O5. The Morgan fingerprint density at radius 3 is 1.94 bits per heavy atom. The van der Waals surface area contributed by atoms with Gasteiger partial charge in [-0.2, -0.15) is 0 Å². The number of nitrogens with one attached hydrogen (secondary N) is 1. The maximum Gasteiger partial charge on any atom is 0.276 e. The fourth-order valence-electron chi connectivity index (χ4n) is 2.73. The van der Waals surface area contributed by atoms with Gasteiger partial charge in [0, 0.05) is 12.6 Å². The number of hydrogen-bond acceptors (Lipinski definition) is 6. The second-order valence-electron chi connectivity index (χ2n) is 6.55. The second kappa shape index (κ2) is 11.6. The van der Waals surface area contributed by atoms with Crippen molar-refractivity contribution < 1.29 is 24.4 Å². The van der Waals surface area contributed by atoms with Crippen LogP contribution in [0.3, 0.4) is 0 Å². The van der Waals surface area contributed by atoms with Gasteiger partial charge in [0.05, 0.1) is 6.21 Å². The molecule has 8 heteroatoms. The number of likely N-dealkylation sites (N-methyl/N-ethyl adjacent to an activating group) is 1. The lowest BCUT2D eigenvalue weighted by molar-refractivity contribution is -0.146. The van der Waals surface area contributed by atoms with Crippen LogP contribution in [0.2, 0.25) is 0 Å². The molecular weight excluding hydrogens is 398 g/mol. The predicted molar refractivity (Wildman–Crippen MR) is 119 cm³/mol. The van der Waals surface area contributed by atoms with Crippen molar-refractivity contribution in [3.05, 3.63) is 59.7 Å². The molecule has 0 radical (unpaired) electrons. The number of carbonyl (C=O) groups is 3. The molecule has 0 spiro atoms. The predicted octanol–water partition coefficient (Wildman–Crippen LogP) is 3.29. The molecule has 2 N–H and O–H groups in total. The number of Topliss-reactive ketones (excluding diaryl/α,β-unsaturated/α-hetero) is 1. The van der Waals surface area contributed by atoms with E-state index in [1.807, 2.05) is 38.1 Å². The van der Waals surface area contributed by atoms with Crippen molar-refractivity contribution in [2.45, 2.75) is 33.2 Å². The monoisotopic (exact) mass is 427 g/mol. The van der Waals surface area contributed by atoms with Crippen LogP contribution in [0.15, 0.2) is 53.7 Å². The minimum atomic E-state index is -1.83. The van der Waals surface area contributed by atoms with Gasteiger partial charge in [0.2, 0.25) is 0 Å². The highest BCUT2D eigenvalue weighted by Crippen LogP contribution is 2.23. The van der Waals surface area contributed by atoms with Crippen LogP contribution < -0.4 is 5.48 Å². The third kappa shape index (κ3) is 5.76. The Labute approximate surface area is 182 Å². The first kappa shape index (κ1) is 25.5. The Bertz CT molecular complexity index is 923. The average Bonchev–Trinajstić information content (AvgIpc) is 2.82. The van der Waals surface area contributed by atoms with Crippen LogP contribution in [0.4, 0.5) is 0 Å². The van der Waals surface area contributed by atoms with Crippen molar-refractivity contribution in [2.75, 3.05) is 14.2 Å². The number of rotatable bonds is 7. The quantitative estimate of drug-likeness (QED) is 0.305. The van der Waals surface area contributed by atoms with E-state index in [0.29, 0.717) is 5.56 Å². The van der Waals surface area contributed by atoms with Crippen molar-refractivity contribution in [3.63, 3.8) is 0 Å². The SMILES string of the molecule is CC.CO/N=C/c1ccc(-c2ccc(C(=O)N(C)[C@@](C)(C(C)=O)C(=O)NO)cc2)cc1. The first-order valence-corrected chi connectivity index (χ1v) is 9.76. The number of nitrogens with zero attached hydrogens (tertiary/aromatic N) is 2. The zero-order valence-electron chi connectivity index (χ0n) is 18.7. The molecule has 0 aliphatic carbocycles. The van der Waals surface area contributed by atoms with Gasteiger partial charge in [-0.1, -0.05) is 55.4 Å². The van der Waals surface area contributed by atoms with Crippen molar-refractivity contribution >= 4 is 23.8 Å². The fourth-order valence-corrected chi connectivity index (χ4v) is 2.73. The fraction of sp³-hybridized carbons (Fsp3) is 0.304. The molecule has 0 heterocycles. The summed E-state index contributed by atoms with van der Waals surface area (Å²) in [6.45, 7) is 6.46. The van der Waals surface area contributed by atoms with Gasteiger partial charge < -0.3 is 9.74 Å². The smallest absolute Gasteiger partial charge is 0.276 e. The number of benzene rings is 2. The maximum atomic E-state index is 12.8. The second-order valence-corrected chi connectivity index (χ2v) is 6.55. The Balaban J connectivity index is 0.00000233. The molecule has 8 nitrogen and oxygen atoms in total. The van der Waals surface area contributed by atoms with E-state index in [9.17, 15) is 14.4 Å². The minimum absolute atomic E-state index is 0.304. The van der Waals surface area contributed by atoms with E-state index in [-0.39, 0.29) is 0 Å². The van der Waals surface area contributed by atoms with E-state index in [1.165, 1.54) is 33.5 Å². The molecule has 2 aromatic carbocycles. The summed E-state index contributed by atoms with van der Waals surface area (Å²) in [6.07, 6.45) is 1.59. The van der Waals surface area contributed by atoms with Gasteiger partial charge in [-0.15, -0.1) is 0 Å². The van der Waals surface area contributed by atoms with Gasteiger partial charge >= 0.3 is 0 Å². The standard InChI is InChI=1S/C21H23N3O5.C2H6/c1-14(25)21(2,20(27)23-28)24(3)19(26)18-11-9-17(10-12-18)16-7-5-15(6-8-16)13-22-29-4;1-2/h5-13,28H,1-4H3,(H,23,27);1-2H3/b22-13+;/t21-;/m0./s1. The Morgan fingerprint density at radius 2 is 1.52 bits per heavy atom. The van der Waals surface area contributed by atoms with Gasteiger partial charge in [0.1, 0.15) is 7.11 Å². The summed E-state index contributed by atoms with van der Waals surface area (Å²) in [5.74, 6) is -2.08. The normalized spacial score (nSPS) is 12.2. The van der Waals surface area contributed by atoms with Gasteiger partial charge in [-0.25, -0.2) is 5.48 Å². The highest BCUT2D eigenvalue weighted by Gasteiger charge is 2.44. The van der Waals surface area contributed by atoms with E-state index < -0.39 is 23.1 Å². The molecule has 31 heavy (non-hydrogen) atoms. The van der Waals surface area contributed by atoms with Crippen LogP contribution in [0, 0.1) is 0 Å². The number of carbonyl (C=O) groups excluding carboxylic acids is 3. The van der Waals surface area contributed by atoms with Crippen LogP contribution in [0.5, 0.6) is 0 Å². The van der Waals surface area contributed by atoms with Crippen molar-refractivity contribution in [3.8, 4) is 11.1 Å². The zero-order chi connectivity index (χ0) is 23.6. The third-order valence-corrected chi connectivity index (χ3v) is 4.89. The highest BCUT2D eigenvalue weighted by atomic mass is 16.6. The summed E-state index contributed by atoms with van der Waals surface area (Å²) in [5, 5.41) is 12.7. The third-order valence-electron chi connectivity index (χ3n) is 4.89. The van der Waals surface area contributed by atoms with Gasteiger partial charge in [-0.05, 0) is 42.7 Å². The molecule has 0 unspecified atom stereocenters. The highest BCUT2D eigenvalue weighted by molar-refractivity contribution is 6.12. The van der Waals surface area contributed by atoms with Crippen LogP contribution >= 0.6 is 0 Å². The molecule has 1 atom stereocenters. The molecule has 0 bridgehead atoms. The van der Waals surface area contributed by atoms with Crippen LogP contribution in [-0.2, 0) is 14.4 Å². The zero-order valence-corrected chi connectivity index (χ0v) is 18.7. The topological polar surface area (TPSA) is 108 Å². The van der Waals surface area contributed by atoms with Crippen LogP contribution in [-0.4, -0.2) is 53.6 Å². The van der Waals surface area contributed by atoms with Gasteiger partial charge in [-0.3, -0.25) is 19.6 Å². The number of oxime groups is 1. The lowest BCUT2D eigenvalue weighted by Crippen LogP contribution is -2.61. The molecule has 2 aromatic rings. The molecule has 0 aromatic heterocycles. The Hall–Kier alpha value is -3.52. The average molecular weight is 428 g/mol. The van der Waals surface area contributed by atoms with Gasteiger partial charge in [0.25, 0.3) is 11.8 Å². The number of hydrogen-bond donors (Lipinski definition) is 2. The molecule has 166 valence electrons. The van der Waals surface area contributed by atoms with E-state index >= 15 is 0 Å². The number of ketones is 1. The van der Waals surface area contributed by atoms with Crippen LogP contribution in [0.25, 0.3) is 11.1 Å². The van der Waals surface area contributed by atoms with Gasteiger partial charge in [0.15, 0.2) is 11.3 Å². The molecule has 0 saturated carbocycles. The lowest BCUT2D eigenvalue weighted by atomic mass is 9.93. The molecule has 0 aliphatic heterocycles. The molecule has 2 amide bonds. The van der Waals surface area contributed by atoms with E-state index in [1.54, 1.807) is 30.5 Å². The van der Waals surface area contributed by atoms with E-state index in [0.717, 1.165) is 21.6 Å². The molecule has 0 aliphatic rings. The van der Waals surface area contributed by atoms with Crippen molar-refractivity contribution in [1.29, 1.82) is 0 Å². The maximum absolute atomic E-state index is 12.8. The van der Waals surface area contributed by atoms with Crippen molar-refractivity contribution in [1.82, 2.24) is 10.4 Å². The molecule has 0 saturated heterocycles. The summed E-state index contributed by atoms with van der Waals surface area (Å²) < 4.78 is 0. The Morgan fingerprint density at radius 1 is 1.03 bits per heavy atom. The van der Waals surface area contributed by atoms with Crippen molar-refractivity contribution in [2.24, 2.45) is 5.16 Å². The number of hydroxylamine groups is 1. The van der Waals surface area contributed by atoms with E-state index in [4.69, 9.17) is 5.21 Å².